The number of rotatable bonds is 4. The molecule has 0 fully saturated rings. The predicted molar refractivity (Wildman–Crippen MR) is 52.8 cm³/mol. The zero-order chi connectivity index (χ0) is 8.91. The maximum Gasteiger partial charge on any atom is 0.0686 e. The average Bonchev–Trinajstić information content (AvgIpc) is 2.00. The second-order valence-electron chi connectivity index (χ2n) is 3.33. The van der Waals surface area contributed by atoms with E-state index in [2.05, 4.69) is 32.7 Å². The first-order valence-electron chi connectivity index (χ1n) is 4.19. The first kappa shape index (κ1) is 11.0. The van der Waals surface area contributed by atoms with E-state index in [0.29, 0.717) is 5.88 Å². The van der Waals surface area contributed by atoms with Gasteiger partial charge < -0.3 is 0 Å². The Hall–Kier alpha value is -0.0400. The molecule has 0 rings (SSSR count). The van der Waals surface area contributed by atoms with Gasteiger partial charge >= 0.3 is 0 Å². The van der Waals surface area contributed by atoms with Crippen molar-refractivity contribution in [2.75, 3.05) is 5.88 Å². The van der Waals surface area contributed by atoms with Gasteiger partial charge in [-0.2, -0.15) is 0 Å². The topological polar surface area (TPSA) is 12.4 Å². The molecule has 0 saturated heterocycles. The molecule has 2 heteroatoms. The molecule has 0 radical (unpaired) electrons. The summed E-state index contributed by atoms with van der Waals surface area (Å²) < 4.78 is 0. The summed E-state index contributed by atoms with van der Waals surface area (Å²) in [6.07, 6.45) is 2.08. The Kier molecular flexibility index (Phi) is 4.74. The minimum atomic E-state index is -0.0804. The maximum absolute atomic E-state index is 5.74. The van der Waals surface area contributed by atoms with Crippen molar-refractivity contribution in [3.8, 4) is 0 Å². The van der Waals surface area contributed by atoms with E-state index in [1.54, 1.807) is 0 Å². The van der Waals surface area contributed by atoms with Crippen molar-refractivity contribution in [1.82, 2.24) is 0 Å². The molecule has 0 N–H and O–H groups in total. The summed E-state index contributed by atoms with van der Waals surface area (Å²) in [6, 6.07) is 0. The highest BCUT2D eigenvalue weighted by atomic mass is 35.5. The van der Waals surface area contributed by atoms with Crippen LogP contribution in [0.5, 0.6) is 0 Å². The van der Waals surface area contributed by atoms with Crippen LogP contribution in [0.25, 0.3) is 0 Å². The van der Waals surface area contributed by atoms with Crippen LogP contribution in [0.15, 0.2) is 4.99 Å². The van der Waals surface area contributed by atoms with Gasteiger partial charge in [-0.1, -0.05) is 13.8 Å². The number of hydrogen-bond acceptors (Lipinski definition) is 1. The van der Waals surface area contributed by atoms with Crippen LogP contribution >= 0.6 is 11.6 Å². The van der Waals surface area contributed by atoms with Crippen molar-refractivity contribution >= 4 is 17.3 Å². The first-order chi connectivity index (χ1) is 5.05. The highest BCUT2D eigenvalue weighted by Crippen LogP contribution is 2.12. The van der Waals surface area contributed by atoms with Crippen LogP contribution in [0.4, 0.5) is 0 Å². The Labute approximate surface area is 74.9 Å². The minimum absolute atomic E-state index is 0.0804. The van der Waals surface area contributed by atoms with Gasteiger partial charge in [0.1, 0.15) is 0 Å². The van der Waals surface area contributed by atoms with Gasteiger partial charge in [0.15, 0.2) is 0 Å². The van der Waals surface area contributed by atoms with Crippen molar-refractivity contribution < 1.29 is 0 Å². The molecule has 0 aliphatic rings. The van der Waals surface area contributed by atoms with E-state index < -0.39 is 0 Å². The Morgan fingerprint density at radius 2 is 1.73 bits per heavy atom. The molecule has 0 aromatic rings. The Morgan fingerprint density at radius 3 is 2.00 bits per heavy atom. The molecule has 0 saturated carbocycles. The molecular weight excluding hydrogens is 158 g/mol. The van der Waals surface area contributed by atoms with Crippen molar-refractivity contribution in [2.24, 2.45) is 4.99 Å². The average molecular weight is 176 g/mol. The monoisotopic (exact) mass is 175 g/mol. The van der Waals surface area contributed by atoms with E-state index in [0.717, 1.165) is 12.8 Å². The fraction of sp³-hybridized carbons (Fsp3) is 0.889. The zero-order valence-corrected chi connectivity index (χ0v) is 8.70. The number of nitrogens with zero attached hydrogens (tertiary/aromatic N) is 1. The molecule has 0 aromatic carbocycles. The molecule has 66 valence electrons. The van der Waals surface area contributed by atoms with E-state index in [1.165, 1.54) is 5.71 Å². The second-order valence-corrected chi connectivity index (χ2v) is 3.60. The first-order valence-corrected chi connectivity index (χ1v) is 4.72. The van der Waals surface area contributed by atoms with Gasteiger partial charge in [0.25, 0.3) is 0 Å². The highest BCUT2D eigenvalue weighted by molar-refractivity contribution is 6.18. The largest absolute Gasteiger partial charge is 0.287 e. The van der Waals surface area contributed by atoms with Gasteiger partial charge in [0.05, 0.1) is 5.54 Å². The summed E-state index contributed by atoms with van der Waals surface area (Å²) in [5.74, 6) is 0.594. The molecule has 1 nitrogen and oxygen atoms in total. The molecule has 0 amide bonds. The summed E-state index contributed by atoms with van der Waals surface area (Å²) in [5, 5.41) is 0. The van der Waals surface area contributed by atoms with Gasteiger partial charge in [0, 0.05) is 11.6 Å². The Bertz CT molecular complexity index is 132. The van der Waals surface area contributed by atoms with E-state index >= 15 is 0 Å². The standard InChI is InChI=1S/C9H18ClN/c1-5-8(6-2)11-9(3,4)7-10/h5-7H2,1-4H3. The molecule has 0 aliphatic carbocycles. The molecule has 11 heavy (non-hydrogen) atoms. The Morgan fingerprint density at radius 1 is 1.27 bits per heavy atom. The van der Waals surface area contributed by atoms with Crippen LogP contribution in [0.3, 0.4) is 0 Å². The molecule has 0 aliphatic heterocycles. The fourth-order valence-corrected chi connectivity index (χ4v) is 0.926. The maximum atomic E-state index is 5.74. The van der Waals surface area contributed by atoms with E-state index in [4.69, 9.17) is 11.6 Å². The van der Waals surface area contributed by atoms with Crippen LogP contribution in [0.1, 0.15) is 40.5 Å². The van der Waals surface area contributed by atoms with Crippen LogP contribution in [0, 0.1) is 0 Å². The van der Waals surface area contributed by atoms with E-state index in [9.17, 15) is 0 Å². The summed E-state index contributed by atoms with van der Waals surface area (Å²) >= 11 is 5.74. The molecule has 0 bridgehead atoms. The van der Waals surface area contributed by atoms with Crippen molar-refractivity contribution in [3.63, 3.8) is 0 Å². The fourth-order valence-electron chi connectivity index (χ4n) is 0.866. The third-order valence-corrected chi connectivity index (χ3v) is 2.26. The molecular formula is C9H18ClN. The van der Waals surface area contributed by atoms with Crippen LogP contribution < -0.4 is 0 Å². The molecule has 0 aromatic heterocycles. The van der Waals surface area contributed by atoms with Crippen molar-refractivity contribution in [2.45, 2.75) is 46.1 Å². The smallest absolute Gasteiger partial charge is 0.0686 e. The number of aliphatic imine (C=N–C) groups is 1. The minimum Gasteiger partial charge on any atom is -0.287 e. The number of halogens is 1. The number of hydrogen-bond donors (Lipinski definition) is 0. The molecule has 0 heterocycles. The third-order valence-electron chi connectivity index (χ3n) is 1.60. The predicted octanol–water partition coefficient (Wildman–Crippen LogP) is 3.26. The quantitative estimate of drug-likeness (QED) is 0.460. The normalized spacial score (nSPS) is 11.4. The molecule has 0 spiro atoms. The van der Waals surface area contributed by atoms with Gasteiger partial charge in [0.2, 0.25) is 0 Å². The van der Waals surface area contributed by atoms with Crippen molar-refractivity contribution in [3.05, 3.63) is 0 Å². The second kappa shape index (κ2) is 4.76. The van der Waals surface area contributed by atoms with Gasteiger partial charge in [-0.25, -0.2) is 0 Å². The Balaban J connectivity index is 4.24. The summed E-state index contributed by atoms with van der Waals surface area (Å²) in [4.78, 5) is 4.55. The SMILES string of the molecule is CCC(CC)=NC(C)(C)CCl. The highest BCUT2D eigenvalue weighted by Gasteiger charge is 2.14. The van der Waals surface area contributed by atoms with Crippen LogP contribution in [-0.2, 0) is 0 Å². The van der Waals surface area contributed by atoms with Gasteiger partial charge in [-0.3, -0.25) is 4.99 Å². The lowest BCUT2D eigenvalue weighted by atomic mass is 10.1. The van der Waals surface area contributed by atoms with E-state index in [-0.39, 0.29) is 5.54 Å². The molecule has 0 atom stereocenters. The lowest BCUT2D eigenvalue weighted by Crippen LogP contribution is -2.21. The zero-order valence-electron chi connectivity index (χ0n) is 7.95. The lowest BCUT2D eigenvalue weighted by Gasteiger charge is -2.17. The lowest BCUT2D eigenvalue weighted by molar-refractivity contribution is 0.587. The van der Waals surface area contributed by atoms with Crippen LogP contribution in [-0.4, -0.2) is 17.1 Å². The van der Waals surface area contributed by atoms with Gasteiger partial charge in [-0.05, 0) is 26.7 Å². The number of alkyl halides is 1. The van der Waals surface area contributed by atoms with Crippen LogP contribution in [0.2, 0.25) is 0 Å². The summed E-state index contributed by atoms with van der Waals surface area (Å²) in [7, 11) is 0. The summed E-state index contributed by atoms with van der Waals surface area (Å²) in [6.45, 7) is 8.38. The summed E-state index contributed by atoms with van der Waals surface area (Å²) in [5.41, 5.74) is 1.18. The molecule has 0 unspecified atom stereocenters. The third kappa shape index (κ3) is 4.41. The van der Waals surface area contributed by atoms with Gasteiger partial charge in [-0.15, -0.1) is 11.6 Å². The van der Waals surface area contributed by atoms with E-state index in [1.807, 2.05) is 0 Å². The van der Waals surface area contributed by atoms with Crippen molar-refractivity contribution in [1.29, 1.82) is 0 Å².